The quantitative estimate of drug-likeness (QED) is 0.750. The molecule has 25 heavy (non-hydrogen) atoms. The van der Waals surface area contributed by atoms with E-state index in [-0.39, 0.29) is 18.2 Å². The summed E-state index contributed by atoms with van der Waals surface area (Å²) >= 11 is 1.02. The lowest BCUT2D eigenvalue weighted by atomic mass is 10.2. The van der Waals surface area contributed by atoms with E-state index in [0.29, 0.717) is 12.1 Å². The van der Waals surface area contributed by atoms with Gasteiger partial charge in [0, 0.05) is 12.2 Å². The van der Waals surface area contributed by atoms with Crippen LogP contribution in [0.2, 0.25) is 0 Å². The summed E-state index contributed by atoms with van der Waals surface area (Å²) in [5.41, 5.74) is 1.70. The largest absolute Gasteiger partial charge is 0.406 e. The van der Waals surface area contributed by atoms with E-state index in [1.54, 1.807) is 19.1 Å². The number of nitrogens with one attached hydrogen (secondary N) is 1. The van der Waals surface area contributed by atoms with Crippen LogP contribution in [0.3, 0.4) is 0 Å². The summed E-state index contributed by atoms with van der Waals surface area (Å²) in [6.07, 6.45) is -3.99. The summed E-state index contributed by atoms with van der Waals surface area (Å²) in [6, 6.07) is 7.24. The van der Waals surface area contributed by atoms with Gasteiger partial charge >= 0.3 is 6.18 Å². The average molecular weight is 376 g/mol. The summed E-state index contributed by atoms with van der Waals surface area (Å²) < 4.78 is 37.7. The Bertz CT molecular complexity index is 576. The van der Waals surface area contributed by atoms with Crippen molar-refractivity contribution in [1.82, 2.24) is 4.90 Å². The number of aryl methyl sites for hydroxylation is 1. The van der Waals surface area contributed by atoms with Gasteiger partial charge in [0.05, 0.1) is 11.0 Å². The van der Waals surface area contributed by atoms with E-state index in [2.05, 4.69) is 5.32 Å². The van der Waals surface area contributed by atoms with Crippen LogP contribution >= 0.6 is 11.8 Å². The number of rotatable bonds is 8. The predicted octanol–water partition coefficient (Wildman–Crippen LogP) is 3.86. The van der Waals surface area contributed by atoms with Crippen molar-refractivity contribution in [2.24, 2.45) is 0 Å². The molecule has 0 aliphatic carbocycles. The molecular weight excluding hydrogens is 353 g/mol. The predicted molar refractivity (Wildman–Crippen MR) is 94.7 cm³/mol. The zero-order valence-electron chi connectivity index (χ0n) is 14.5. The Morgan fingerprint density at radius 3 is 2.36 bits per heavy atom. The Morgan fingerprint density at radius 2 is 1.84 bits per heavy atom. The van der Waals surface area contributed by atoms with Gasteiger partial charge in [-0.05, 0) is 32.4 Å². The number of alkyl halides is 3. The Hall–Kier alpha value is -1.70. The van der Waals surface area contributed by atoms with Gasteiger partial charge in [-0.3, -0.25) is 9.59 Å². The molecule has 1 unspecified atom stereocenters. The van der Waals surface area contributed by atoms with Gasteiger partial charge in [0.25, 0.3) is 0 Å². The SMILES string of the molecule is CCCN(CC(F)(F)F)C(=O)C(C)SCC(=O)Nc1ccc(C)cc1. The molecule has 1 aromatic rings. The van der Waals surface area contributed by atoms with E-state index in [1.165, 1.54) is 6.92 Å². The molecule has 0 radical (unpaired) electrons. The van der Waals surface area contributed by atoms with Gasteiger partial charge in [-0.25, -0.2) is 0 Å². The number of amides is 2. The zero-order chi connectivity index (χ0) is 19.0. The highest BCUT2D eigenvalue weighted by Crippen LogP contribution is 2.20. The number of hydrogen-bond donors (Lipinski definition) is 1. The lowest BCUT2D eigenvalue weighted by Crippen LogP contribution is -2.43. The molecule has 0 aromatic heterocycles. The maximum Gasteiger partial charge on any atom is 0.406 e. The fourth-order valence-corrected chi connectivity index (χ4v) is 2.88. The monoisotopic (exact) mass is 376 g/mol. The minimum atomic E-state index is -4.43. The van der Waals surface area contributed by atoms with E-state index in [0.717, 1.165) is 22.2 Å². The molecule has 1 rings (SSSR count). The summed E-state index contributed by atoms with van der Waals surface area (Å²) in [5, 5.41) is 1.97. The molecule has 0 aliphatic heterocycles. The maximum atomic E-state index is 12.6. The molecule has 0 heterocycles. The third kappa shape index (κ3) is 8.29. The number of carbonyl (C=O) groups excluding carboxylic acids is 2. The number of benzene rings is 1. The van der Waals surface area contributed by atoms with Crippen molar-refractivity contribution in [1.29, 1.82) is 0 Å². The van der Waals surface area contributed by atoms with Gasteiger partial charge in [0.2, 0.25) is 11.8 Å². The Balaban J connectivity index is 2.52. The highest BCUT2D eigenvalue weighted by atomic mass is 32.2. The third-order valence-electron chi connectivity index (χ3n) is 3.32. The first-order chi connectivity index (χ1) is 11.6. The van der Waals surface area contributed by atoms with Crippen molar-refractivity contribution >= 4 is 29.3 Å². The van der Waals surface area contributed by atoms with Crippen LogP contribution in [-0.2, 0) is 9.59 Å². The first-order valence-electron chi connectivity index (χ1n) is 7.96. The first-order valence-corrected chi connectivity index (χ1v) is 9.01. The summed E-state index contributed by atoms with van der Waals surface area (Å²) in [6.45, 7) is 3.94. The lowest BCUT2D eigenvalue weighted by Gasteiger charge is -2.26. The highest BCUT2D eigenvalue weighted by molar-refractivity contribution is 8.01. The summed E-state index contributed by atoms with van der Waals surface area (Å²) in [5.74, 6) is -0.911. The minimum absolute atomic E-state index is 0.00718. The molecular formula is C17H23F3N2O2S. The van der Waals surface area contributed by atoms with Gasteiger partial charge < -0.3 is 10.2 Å². The van der Waals surface area contributed by atoms with Crippen LogP contribution in [0, 0.1) is 6.92 Å². The van der Waals surface area contributed by atoms with Crippen LogP contribution < -0.4 is 5.32 Å². The normalized spacial score (nSPS) is 12.6. The fraction of sp³-hybridized carbons (Fsp3) is 0.529. The number of carbonyl (C=O) groups is 2. The fourth-order valence-electron chi connectivity index (χ4n) is 2.12. The van der Waals surface area contributed by atoms with Crippen molar-refractivity contribution in [3.8, 4) is 0 Å². The topological polar surface area (TPSA) is 49.4 Å². The third-order valence-corrected chi connectivity index (χ3v) is 4.45. The molecule has 8 heteroatoms. The standard InChI is InChI=1S/C17H23F3N2O2S/c1-4-9-22(11-17(18,19)20)16(24)13(3)25-10-15(23)21-14-7-5-12(2)6-8-14/h5-8,13H,4,9-11H2,1-3H3,(H,21,23). The van der Waals surface area contributed by atoms with Crippen molar-refractivity contribution in [2.45, 2.75) is 38.6 Å². The molecule has 1 aromatic carbocycles. The molecule has 4 nitrogen and oxygen atoms in total. The van der Waals surface area contributed by atoms with Crippen LogP contribution in [0.5, 0.6) is 0 Å². The van der Waals surface area contributed by atoms with Crippen LogP contribution in [0.4, 0.5) is 18.9 Å². The molecule has 0 fully saturated rings. The molecule has 140 valence electrons. The summed E-state index contributed by atoms with van der Waals surface area (Å²) in [4.78, 5) is 24.9. The van der Waals surface area contributed by atoms with Gasteiger partial charge in [0.15, 0.2) is 0 Å². The number of thioether (sulfide) groups is 1. The summed E-state index contributed by atoms with van der Waals surface area (Å²) in [7, 11) is 0. The smallest absolute Gasteiger partial charge is 0.333 e. The van der Waals surface area contributed by atoms with E-state index in [1.807, 2.05) is 19.1 Å². The van der Waals surface area contributed by atoms with Crippen LogP contribution in [0.1, 0.15) is 25.8 Å². The van der Waals surface area contributed by atoms with Crippen molar-refractivity contribution in [2.75, 3.05) is 24.2 Å². The molecule has 0 aliphatic rings. The minimum Gasteiger partial charge on any atom is -0.333 e. The second-order valence-electron chi connectivity index (χ2n) is 5.74. The lowest BCUT2D eigenvalue weighted by molar-refractivity contribution is -0.160. The van der Waals surface area contributed by atoms with E-state index in [4.69, 9.17) is 0 Å². The Kier molecular flexibility index (Phi) is 8.28. The number of hydrogen-bond acceptors (Lipinski definition) is 3. The van der Waals surface area contributed by atoms with Crippen LogP contribution in [0.25, 0.3) is 0 Å². The van der Waals surface area contributed by atoms with E-state index in [9.17, 15) is 22.8 Å². The van der Waals surface area contributed by atoms with E-state index < -0.39 is 23.9 Å². The van der Waals surface area contributed by atoms with Crippen molar-refractivity contribution in [3.63, 3.8) is 0 Å². The maximum absolute atomic E-state index is 12.6. The molecule has 0 bridgehead atoms. The van der Waals surface area contributed by atoms with E-state index >= 15 is 0 Å². The van der Waals surface area contributed by atoms with Crippen molar-refractivity contribution in [3.05, 3.63) is 29.8 Å². The second kappa shape index (κ2) is 9.70. The average Bonchev–Trinajstić information content (AvgIpc) is 2.52. The second-order valence-corrected chi connectivity index (χ2v) is 7.07. The van der Waals surface area contributed by atoms with Crippen LogP contribution in [-0.4, -0.2) is 47.0 Å². The van der Waals surface area contributed by atoms with Crippen LogP contribution in [0.15, 0.2) is 24.3 Å². The zero-order valence-corrected chi connectivity index (χ0v) is 15.3. The molecule has 0 saturated carbocycles. The number of anilines is 1. The van der Waals surface area contributed by atoms with Gasteiger partial charge in [0.1, 0.15) is 6.54 Å². The number of nitrogens with zero attached hydrogens (tertiary/aromatic N) is 1. The molecule has 1 atom stereocenters. The van der Waals surface area contributed by atoms with Crippen molar-refractivity contribution < 1.29 is 22.8 Å². The molecule has 0 saturated heterocycles. The molecule has 1 N–H and O–H groups in total. The van der Waals surface area contributed by atoms with Gasteiger partial charge in [-0.1, -0.05) is 24.6 Å². The van der Waals surface area contributed by atoms with Gasteiger partial charge in [-0.2, -0.15) is 13.2 Å². The van der Waals surface area contributed by atoms with Gasteiger partial charge in [-0.15, -0.1) is 11.8 Å². The molecule has 0 spiro atoms. The Labute approximate surface area is 150 Å². The first kappa shape index (κ1) is 21.3. The highest BCUT2D eigenvalue weighted by Gasteiger charge is 2.34. The number of halogens is 3. The molecule has 2 amide bonds. The Morgan fingerprint density at radius 1 is 1.24 bits per heavy atom.